The Hall–Kier alpha value is -1.16. The molecule has 1 heterocycles. The number of benzene rings is 1. The maximum Gasteiger partial charge on any atom is 0.293 e. The number of pyridine rings is 1. The minimum Gasteiger partial charge on any atom is -0.491 e. The van der Waals surface area contributed by atoms with Crippen molar-refractivity contribution >= 4 is 34.8 Å². The van der Waals surface area contributed by atoms with Crippen molar-refractivity contribution in [3.63, 3.8) is 0 Å². The summed E-state index contributed by atoms with van der Waals surface area (Å²) in [6.07, 6.45) is 1.64. The minimum atomic E-state index is -0.253. The molecule has 19 heavy (non-hydrogen) atoms. The number of halogens is 3. The lowest BCUT2D eigenvalue weighted by Gasteiger charge is -2.11. The Bertz CT molecular complexity index is 667. The smallest absolute Gasteiger partial charge is 0.293 e. The van der Waals surface area contributed by atoms with Crippen LogP contribution in [0.25, 0.3) is 0 Å². The van der Waals surface area contributed by atoms with E-state index in [1.807, 2.05) is 0 Å². The zero-order valence-corrected chi connectivity index (χ0v) is 12.3. The van der Waals surface area contributed by atoms with E-state index in [1.165, 1.54) is 11.7 Å². The van der Waals surface area contributed by atoms with Gasteiger partial charge in [0.1, 0.15) is 0 Å². The molecule has 0 saturated heterocycles. The van der Waals surface area contributed by atoms with Crippen LogP contribution >= 0.6 is 34.8 Å². The van der Waals surface area contributed by atoms with Gasteiger partial charge in [-0.3, -0.25) is 4.79 Å². The molecule has 0 saturated carbocycles. The third-order valence-electron chi connectivity index (χ3n) is 2.67. The van der Waals surface area contributed by atoms with Gasteiger partial charge in [-0.1, -0.05) is 34.8 Å². The van der Waals surface area contributed by atoms with Gasteiger partial charge in [0.05, 0.1) is 23.7 Å². The second-order valence-corrected chi connectivity index (χ2v) is 5.02. The molecular formula is C13H10Cl3NO2. The van der Waals surface area contributed by atoms with Crippen molar-refractivity contribution in [3.05, 3.63) is 61.4 Å². The van der Waals surface area contributed by atoms with Gasteiger partial charge >= 0.3 is 0 Å². The maximum atomic E-state index is 12.0. The largest absolute Gasteiger partial charge is 0.491 e. The van der Waals surface area contributed by atoms with E-state index in [2.05, 4.69) is 0 Å². The molecule has 3 nitrogen and oxygen atoms in total. The van der Waals surface area contributed by atoms with Gasteiger partial charge in [0, 0.05) is 16.8 Å². The van der Waals surface area contributed by atoms with Crippen molar-refractivity contribution in [1.82, 2.24) is 4.57 Å². The number of ether oxygens (including phenoxy) is 1. The summed E-state index contributed by atoms with van der Waals surface area (Å²) in [5.74, 6) is 0.261. The molecule has 0 amide bonds. The number of rotatable bonds is 3. The van der Waals surface area contributed by atoms with Crippen LogP contribution in [0.1, 0.15) is 5.56 Å². The van der Waals surface area contributed by atoms with E-state index in [4.69, 9.17) is 39.5 Å². The lowest BCUT2D eigenvalue weighted by atomic mass is 10.2. The highest BCUT2D eigenvalue weighted by Crippen LogP contribution is 2.31. The number of hydrogen-bond donors (Lipinski definition) is 0. The van der Waals surface area contributed by atoms with E-state index in [1.54, 1.807) is 30.5 Å². The molecule has 0 spiro atoms. The van der Waals surface area contributed by atoms with Crippen LogP contribution < -0.4 is 10.3 Å². The Labute approximate surface area is 125 Å². The van der Waals surface area contributed by atoms with Crippen LogP contribution in [0.4, 0.5) is 0 Å². The second-order valence-electron chi connectivity index (χ2n) is 3.83. The Kier molecular flexibility index (Phi) is 4.40. The van der Waals surface area contributed by atoms with Crippen LogP contribution in [0.5, 0.6) is 5.75 Å². The monoisotopic (exact) mass is 317 g/mol. The van der Waals surface area contributed by atoms with E-state index >= 15 is 0 Å². The van der Waals surface area contributed by atoms with Crippen LogP contribution in [-0.2, 0) is 6.54 Å². The van der Waals surface area contributed by atoms with Crippen molar-refractivity contribution in [2.24, 2.45) is 0 Å². The van der Waals surface area contributed by atoms with Gasteiger partial charge in [0.15, 0.2) is 5.75 Å². The van der Waals surface area contributed by atoms with Gasteiger partial charge in [-0.2, -0.15) is 0 Å². The third-order valence-corrected chi connectivity index (χ3v) is 3.87. The Morgan fingerprint density at radius 3 is 2.53 bits per heavy atom. The number of hydrogen-bond acceptors (Lipinski definition) is 2. The number of aromatic nitrogens is 1. The van der Waals surface area contributed by atoms with E-state index < -0.39 is 0 Å². The van der Waals surface area contributed by atoms with Crippen LogP contribution in [0.2, 0.25) is 15.1 Å². The van der Waals surface area contributed by atoms with Crippen LogP contribution in [0, 0.1) is 0 Å². The van der Waals surface area contributed by atoms with Gasteiger partial charge in [-0.25, -0.2) is 0 Å². The molecule has 0 fully saturated rings. The molecule has 0 radical (unpaired) electrons. The Morgan fingerprint density at radius 1 is 1.16 bits per heavy atom. The van der Waals surface area contributed by atoms with E-state index in [9.17, 15) is 4.79 Å². The van der Waals surface area contributed by atoms with E-state index in [0.29, 0.717) is 20.6 Å². The average molecular weight is 319 g/mol. The Balaban J connectivity index is 2.48. The van der Waals surface area contributed by atoms with Crippen molar-refractivity contribution in [2.75, 3.05) is 7.11 Å². The van der Waals surface area contributed by atoms with Gasteiger partial charge in [-0.05, 0) is 24.3 Å². The molecular weight excluding hydrogens is 309 g/mol. The van der Waals surface area contributed by atoms with Crippen molar-refractivity contribution in [1.29, 1.82) is 0 Å². The Morgan fingerprint density at radius 2 is 1.84 bits per heavy atom. The fraction of sp³-hybridized carbons (Fsp3) is 0.154. The fourth-order valence-corrected chi connectivity index (χ4v) is 2.35. The van der Waals surface area contributed by atoms with Crippen molar-refractivity contribution in [2.45, 2.75) is 6.54 Å². The first-order valence-electron chi connectivity index (χ1n) is 5.40. The van der Waals surface area contributed by atoms with Crippen LogP contribution in [0.15, 0.2) is 35.3 Å². The molecule has 100 valence electrons. The molecule has 1 aromatic carbocycles. The van der Waals surface area contributed by atoms with E-state index in [0.717, 1.165) is 0 Å². The van der Waals surface area contributed by atoms with E-state index in [-0.39, 0.29) is 17.9 Å². The molecule has 0 aliphatic heterocycles. The highest BCUT2D eigenvalue weighted by molar-refractivity contribution is 6.44. The zero-order chi connectivity index (χ0) is 14.0. The summed E-state index contributed by atoms with van der Waals surface area (Å²) in [4.78, 5) is 12.0. The van der Waals surface area contributed by atoms with Crippen LogP contribution in [-0.4, -0.2) is 11.7 Å². The summed E-state index contributed by atoms with van der Waals surface area (Å²) in [7, 11) is 1.44. The summed E-state index contributed by atoms with van der Waals surface area (Å²) >= 11 is 18.1. The molecule has 0 atom stereocenters. The van der Waals surface area contributed by atoms with Crippen molar-refractivity contribution < 1.29 is 4.74 Å². The maximum absolute atomic E-state index is 12.0. The summed E-state index contributed by atoms with van der Waals surface area (Å²) in [6.45, 7) is 0.230. The molecule has 2 rings (SSSR count). The summed E-state index contributed by atoms with van der Waals surface area (Å²) in [6, 6.07) is 6.58. The first-order chi connectivity index (χ1) is 9.04. The molecule has 0 unspecified atom stereocenters. The van der Waals surface area contributed by atoms with Gasteiger partial charge in [0.2, 0.25) is 0 Å². The first kappa shape index (κ1) is 14.3. The molecule has 6 heteroatoms. The van der Waals surface area contributed by atoms with Gasteiger partial charge in [0.25, 0.3) is 5.56 Å². The minimum absolute atomic E-state index is 0.230. The highest BCUT2D eigenvalue weighted by atomic mass is 35.5. The zero-order valence-electron chi connectivity index (χ0n) is 9.99. The lowest BCUT2D eigenvalue weighted by molar-refractivity contribution is 0.403. The molecule has 2 aromatic rings. The normalized spacial score (nSPS) is 10.5. The fourth-order valence-electron chi connectivity index (χ4n) is 1.68. The first-order valence-corrected chi connectivity index (χ1v) is 6.53. The standard InChI is InChI=1S/C13H10Cl3NO2/c1-19-11-3-2-6-17(13(11)18)7-8-9(14)4-5-10(15)12(8)16/h2-6H,7H2,1H3. The molecule has 0 N–H and O–H groups in total. The predicted molar refractivity (Wildman–Crippen MR) is 77.8 cm³/mol. The number of nitrogens with zero attached hydrogens (tertiary/aromatic N) is 1. The molecule has 1 aromatic heterocycles. The topological polar surface area (TPSA) is 31.2 Å². The molecule has 0 aliphatic rings. The third kappa shape index (κ3) is 2.89. The van der Waals surface area contributed by atoms with Gasteiger partial charge in [-0.15, -0.1) is 0 Å². The summed E-state index contributed by atoms with van der Waals surface area (Å²) < 4.78 is 6.44. The predicted octanol–water partition coefficient (Wildman–Crippen LogP) is 3.87. The van der Waals surface area contributed by atoms with Gasteiger partial charge < -0.3 is 9.30 Å². The summed E-state index contributed by atoms with van der Waals surface area (Å²) in [5, 5.41) is 1.21. The van der Waals surface area contributed by atoms with Crippen molar-refractivity contribution in [3.8, 4) is 5.75 Å². The van der Waals surface area contributed by atoms with Crippen LogP contribution in [0.3, 0.4) is 0 Å². The SMILES string of the molecule is COc1cccn(Cc2c(Cl)ccc(Cl)c2Cl)c1=O. The molecule has 0 aliphatic carbocycles. The number of methoxy groups -OCH3 is 1. The molecule has 0 bridgehead atoms. The highest BCUT2D eigenvalue weighted by Gasteiger charge is 2.12. The average Bonchev–Trinajstić information content (AvgIpc) is 2.41. The summed E-state index contributed by atoms with van der Waals surface area (Å²) in [5.41, 5.74) is 0.350. The quantitative estimate of drug-likeness (QED) is 0.805. The lowest BCUT2D eigenvalue weighted by Crippen LogP contribution is -2.21. The second kappa shape index (κ2) is 5.87.